The number of rotatable bonds is 3. The first kappa shape index (κ1) is 11.7. The molecule has 0 bridgehead atoms. The highest BCUT2D eigenvalue weighted by Crippen LogP contribution is 2.38. The maximum absolute atomic E-state index is 11.4. The van der Waals surface area contributed by atoms with Crippen molar-refractivity contribution in [3.63, 3.8) is 0 Å². The average Bonchev–Trinajstić information content (AvgIpc) is 2.58. The second-order valence-corrected chi connectivity index (χ2v) is 4.96. The Labute approximate surface area is 96.4 Å². The maximum Gasteiger partial charge on any atom is 0.408 e. The lowest BCUT2D eigenvalue weighted by atomic mass is 9.74. The van der Waals surface area contributed by atoms with Gasteiger partial charge in [-0.2, -0.15) is 0 Å². The number of unbranched alkanes of at least 4 members (excludes halogenated alkanes) is 1. The molecule has 16 heavy (non-hydrogen) atoms. The summed E-state index contributed by atoms with van der Waals surface area (Å²) in [5.41, 5.74) is -0.496. The molecule has 4 heteroatoms. The minimum Gasteiger partial charge on any atom is -0.444 e. The third kappa shape index (κ3) is 1.90. The van der Waals surface area contributed by atoms with Crippen LogP contribution in [0.1, 0.15) is 51.9 Å². The smallest absolute Gasteiger partial charge is 0.408 e. The van der Waals surface area contributed by atoms with Crippen molar-refractivity contribution in [2.45, 2.75) is 69.6 Å². The number of aliphatic hydroxyl groups is 1. The molecule has 0 unspecified atom stereocenters. The van der Waals surface area contributed by atoms with Gasteiger partial charge in [-0.25, -0.2) is 4.79 Å². The summed E-state index contributed by atoms with van der Waals surface area (Å²) in [6, 6.07) is 0. The maximum atomic E-state index is 11.4. The number of aliphatic hydroxyl groups excluding tert-OH is 1. The van der Waals surface area contributed by atoms with E-state index in [4.69, 9.17) is 4.74 Å². The molecule has 2 aliphatic rings. The Bertz CT molecular complexity index is 269. The van der Waals surface area contributed by atoms with Crippen LogP contribution in [0.2, 0.25) is 0 Å². The molecule has 1 heterocycles. The largest absolute Gasteiger partial charge is 0.444 e. The Morgan fingerprint density at radius 3 is 3.06 bits per heavy atom. The van der Waals surface area contributed by atoms with E-state index in [1.807, 2.05) is 0 Å². The van der Waals surface area contributed by atoms with Gasteiger partial charge in [0.05, 0.1) is 6.10 Å². The summed E-state index contributed by atoms with van der Waals surface area (Å²) in [6.45, 7) is 2.12. The molecule has 1 spiro atoms. The van der Waals surface area contributed by atoms with Crippen molar-refractivity contribution in [3.05, 3.63) is 0 Å². The van der Waals surface area contributed by atoms with Crippen molar-refractivity contribution in [2.24, 2.45) is 0 Å². The number of ether oxygens (including phenoxy) is 1. The molecule has 0 aromatic rings. The number of carbonyl (C=O) groups excluding carboxylic acids is 1. The highest BCUT2D eigenvalue weighted by molar-refractivity contribution is 5.71. The van der Waals surface area contributed by atoms with Gasteiger partial charge in [-0.3, -0.25) is 0 Å². The zero-order valence-corrected chi connectivity index (χ0v) is 9.87. The third-order valence-corrected chi connectivity index (χ3v) is 3.89. The monoisotopic (exact) mass is 227 g/mol. The SMILES string of the molecule is CCCC[C@H]1OC(=O)N[C@]12CCCC[C@@H]2O. The quantitative estimate of drug-likeness (QED) is 0.775. The molecule has 1 saturated heterocycles. The van der Waals surface area contributed by atoms with Crippen LogP contribution >= 0.6 is 0 Å². The normalized spacial score (nSPS) is 38.5. The Morgan fingerprint density at radius 2 is 2.38 bits per heavy atom. The summed E-state index contributed by atoms with van der Waals surface area (Å²) in [5.74, 6) is 0. The molecule has 2 rings (SSSR count). The number of hydrogen-bond acceptors (Lipinski definition) is 3. The lowest BCUT2D eigenvalue weighted by Gasteiger charge is -2.40. The van der Waals surface area contributed by atoms with E-state index < -0.39 is 11.6 Å². The van der Waals surface area contributed by atoms with Crippen molar-refractivity contribution in [1.82, 2.24) is 5.32 Å². The van der Waals surface area contributed by atoms with Gasteiger partial charge in [0, 0.05) is 0 Å². The first-order valence-corrected chi connectivity index (χ1v) is 6.36. The molecule has 1 amide bonds. The van der Waals surface area contributed by atoms with Crippen LogP contribution in [0.4, 0.5) is 4.79 Å². The summed E-state index contributed by atoms with van der Waals surface area (Å²) in [7, 11) is 0. The predicted molar refractivity (Wildman–Crippen MR) is 60.1 cm³/mol. The minimum absolute atomic E-state index is 0.143. The van der Waals surface area contributed by atoms with E-state index in [9.17, 15) is 9.90 Å². The number of cyclic esters (lactones) is 1. The number of carbonyl (C=O) groups is 1. The highest BCUT2D eigenvalue weighted by Gasteiger charge is 2.53. The van der Waals surface area contributed by atoms with Crippen LogP contribution in [-0.2, 0) is 4.74 Å². The van der Waals surface area contributed by atoms with Gasteiger partial charge in [0.25, 0.3) is 0 Å². The number of alkyl carbamates (subject to hydrolysis) is 1. The van der Waals surface area contributed by atoms with Crippen molar-refractivity contribution in [3.8, 4) is 0 Å². The van der Waals surface area contributed by atoms with Crippen molar-refractivity contribution in [2.75, 3.05) is 0 Å². The summed E-state index contributed by atoms with van der Waals surface area (Å²) in [5, 5.41) is 13.0. The molecule has 0 aromatic carbocycles. The van der Waals surface area contributed by atoms with Crippen LogP contribution < -0.4 is 5.32 Å². The highest BCUT2D eigenvalue weighted by atomic mass is 16.6. The molecule has 3 atom stereocenters. The van der Waals surface area contributed by atoms with Gasteiger partial charge in [0.15, 0.2) is 0 Å². The molecule has 1 aliphatic carbocycles. The second-order valence-electron chi connectivity index (χ2n) is 4.96. The Balaban J connectivity index is 2.11. The van der Waals surface area contributed by atoms with Crippen LogP contribution in [0, 0.1) is 0 Å². The molecule has 4 nitrogen and oxygen atoms in total. The van der Waals surface area contributed by atoms with Crippen molar-refractivity contribution >= 4 is 6.09 Å². The first-order valence-electron chi connectivity index (χ1n) is 6.36. The van der Waals surface area contributed by atoms with E-state index in [-0.39, 0.29) is 12.2 Å². The van der Waals surface area contributed by atoms with E-state index >= 15 is 0 Å². The topological polar surface area (TPSA) is 58.6 Å². The Kier molecular flexibility index (Phi) is 3.38. The Morgan fingerprint density at radius 1 is 1.56 bits per heavy atom. The standard InChI is InChI=1S/C12H21NO3/c1-2-3-7-10-12(13-11(15)16-10)8-5-4-6-9(12)14/h9-10,14H,2-8H2,1H3,(H,13,15)/t9-,10+,12-/m0/s1. The summed E-state index contributed by atoms with van der Waals surface area (Å²) in [4.78, 5) is 11.4. The van der Waals surface area contributed by atoms with Crippen LogP contribution in [0.3, 0.4) is 0 Å². The zero-order chi connectivity index (χ0) is 11.6. The summed E-state index contributed by atoms with van der Waals surface area (Å²) < 4.78 is 5.32. The fourth-order valence-corrected chi connectivity index (χ4v) is 2.94. The van der Waals surface area contributed by atoms with Gasteiger partial charge in [0.2, 0.25) is 0 Å². The lowest BCUT2D eigenvalue weighted by molar-refractivity contribution is -0.0144. The fourth-order valence-electron chi connectivity index (χ4n) is 2.94. The van der Waals surface area contributed by atoms with Gasteiger partial charge in [-0.1, -0.05) is 26.2 Å². The minimum atomic E-state index is -0.496. The van der Waals surface area contributed by atoms with Crippen molar-refractivity contribution < 1.29 is 14.6 Å². The van der Waals surface area contributed by atoms with Crippen LogP contribution in [0.15, 0.2) is 0 Å². The molecule has 1 aliphatic heterocycles. The van der Waals surface area contributed by atoms with E-state index in [1.165, 1.54) is 0 Å². The summed E-state index contributed by atoms with van der Waals surface area (Å²) in [6.07, 6.45) is 5.73. The van der Waals surface area contributed by atoms with Gasteiger partial charge >= 0.3 is 6.09 Å². The lowest BCUT2D eigenvalue weighted by Crippen LogP contribution is -2.59. The molecular weight excluding hydrogens is 206 g/mol. The van der Waals surface area contributed by atoms with E-state index in [0.717, 1.165) is 44.9 Å². The summed E-state index contributed by atoms with van der Waals surface area (Å²) >= 11 is 0. The van der Waals surface area contributed by atoms with Crippen LogP contribution in [0.25, 0.3) is 0 Å². The molecule has 2 fully saturated rings. The van der Waals surface area contributed by atoms with Gasteiger partial charge < -0.3 is 15.2 Å². The predicted octanol–water partition coefficient (Wildman–Crippen LogP) is 1.96. The van der Waals surface area contributed by atoms with Gasteiger partial charge in [0.1, 0.15) is 11.6 Å². The number of nitrogens with one attached hydrogen (secondary N) is 1. The molecule has 0 radical (unpaired) electrons. The van der Waals surface area contributed by atoms with Gasteiger partial charge in [-0.05, 0) is 25.7 Å². The van der Waals surface area contributed by atoms with Crippen LogP contribution in [0.5, 0.6) is 0 Å². The molecule has 1 saturated carbocycles. The van der Waals surface area contributed by atoms with Gasteiger partial charge in [-0.15, -0.1) is 0 Å². The molecule has 0 aromatic heterocycles. The third-order valence-electron chi connectivity index (χ3n) is 3.89. The number of hydrogen-bond donors (Lipinski definition) is 2. The van der Waals surface area contributed by atoms with Crippen molar-refractivity contribution in [1.29, 1.82) is 0 Å². The average molecular weight is 227 g/mol. The van der Waals surface area contributed by atoms with E-state index in [2.05, 4.69) is 12.2 Å². The molecule has 92 valence electrons. The molecular formula is C12H21NO3. The zero-order valence-electron chi connectivity index (χ0n) is 9.87. The van der Waals surface area contributed by atoms with Crippen LogP contribution in [-0.4, -0.2) is 28.9 Å². The number of amides is 1. The Hall–Kier alpha value is -0.770. The first-order chi connectivity index (χ1) is 7.69. The fraction of sp³-hybridized carbons (Fsp3) is 0.917. The van der Waals surface area contributed by atoms with E-state index in [0.29, 0.717) is 0 Å². The second kappa shape index (κ2) is 4.62. The van der Waals surface area contributed by atoms with E-state index in [1.54, 1.807) is 0 Å². The molecule has 2 N–H and O–H groups in total.